The summed E-state index contributed by atoms with van der Waals surface area (Å²) in [5.74, 6) is 0.0373. The molecule has 3 heterocycles. The zero-order chi connectivity index (χ0) is 29.4. The molecule has 41 heavy (non-hydrogen) atoms. The summed E-state index contributed by atoms with van der Waals surface area (Å²) in [6.45, 7) is 5.31. The Morgan fingerprint density at radius 1 is 1.07 bits per heavy atom. The first kappa shape index (κ1) is 28.6. The largest absolute Gasteiger partial charge is 0.473 e. The Balaban J connectivity index is 1.38. The molecule has 1 fully saturated rings. The van der Waals surface area contributed by atoms with Crippen molar-refractivity contribution < 1.29 is 26.3 Å². The highest BCUT2D eigenvalue weighted by Gasteiger charge is 2.31. The molecule has 1 aliphatic rings. The molecule has 0 amide bonds. The first-order valence-electron chi connectivity index (χ1n) is 12.9. The molecule has 4 aromatic rings. The summed E-state index contributed by atoms with van der Waals surface area (Å²) < 4.78 is 75.4. The first-order valence-corrected chi connectivity index (χ1v) is 14.4. The topological polar surface area (TPSA) is 102 Å². The lowest BCUT2D eigenvalue weighted by molar-refractivity contribution is -0.137. The minimum absolute atomic E-state index is 0.0374. The Morgan fingerprint density at radius 3 is 2.49 bits per heavy atom. The maximum Gasteiger partial charge on any atom is 0.416 e. The Labute approximate surface area is 236 Å². The van der Waals surface area contributed by atoms with Gasteiger partial charge >= 0.3 is 6.18 Å². The standard InChI is InChI=1S/C28H29F3N6O3S/c1-18-6-4-7-19(2)26(18)24-13-25(34-27(33-24)35-41(38,39)23-14-32-36(3)17-23)40-22-10-11-37(16-22)15-20-8-5-9-21(12-20)28(29,30)31/h4-9,12-14,17,22H,10-11,15-16H2,1-3H3,(H,33,34,35). The minimum atomic E-state index is -4.40. The van der Waals surface area contributed by atoms with E-state index in [1.807, 2.05) is 36.9 Å². The fourth-order valence-electron chi connectivity index (χ4n) is 4.91. The van der Waals surface area contributed by atoms with Crippen molar-refractivity contribution in [3.63, 3.8) is 0 Å². The summed E-state index contributed by atoms with van der Waals surface area (Å²) in [6.07, 6.45) is -1.48. The van der Waals surface area contributed by atoms with Crippen molar-refractivity contribution in [2.75, 3.05) is 17.8 Å². The Hall–Kier alpha value is -3.97. The highest BCUT2D eigenvalue weighted by atomic mass is 32.2. The van der Waals surface area contributed by atoms with Crippen molar-refractivity contribution in [3.8, 4) is 17.1 Å². The number of benzene rings is 2. The number of anilines is 1. The van der Waals surface area contributed by atoms with Crippen LogP contribution in [0, 0.1) is 13.8 Å². The summed E-state index contributed by atoms with van der Waals surface area (Å²) in [5, 5.41) is 3.92. The van der Waals surface area contributed by atoms with Crippen LogP contribution in [-0.4, -0.2) is 52.3 Å². The fraction of sp³-hybridized carbons (Fsp3) is 0.321. The summed E-state index contributed by atoms with van der Waals surface area (Å²) in [7, 11) is -2.40. The number of nitrogens with zero attached hydrogens (tertiary/aromatic N) is 5. The van der Waals surface area contributed by atoms with Gasteiger partial charge in [-0.15, -0.1) is 0 Å². The Kier molecular flexibility index (Phi) is 7.75. The second-order valence-corrected chi connectivity index (χ2v) is 11.8. The van der Waals surface area contributed by atoms with Gasteiger partial charge in [-0.05, 0) is 43.0 Å². The highest BCUT2D eigenvalue weighted by Crippen LogP contribution is 2.32. The van der Waals surface area contributed by atoms with Crippen LogP contribution >= 0.6 is 0 Å². The molecule has 1 unspecified atom stereocenters. The lowest BCUT2D eigenvalue weighted by Crippen LogP contribution is -2.25. The first-order chi connectivity index (χ1) is 19.4. The van der Waals surface area contributed by atoms with Gasteiger partial charge in [0.2, 0.25) is 11.8 Å². The number of halogens is 3. The third-order valence-corrected chi connectivity index (χ3v) is 8.12. The van der Waals surface area contributed by atoms with Crippen molar-refractivity contribution in [2.24, 2.45) is 7.05 Å². The van der Waals surface area contributed by atoms with E-state index in [1.54, 1.807) is 19.2 Å². The van der Waals surface area contributed by atoms with E-state index in [-0.39, 0.29) is 22.8 Å². The van der Waals surface area contributed by atoms with Gasteiger partial charge in [-0.1, -0.05) is 36.4 Å². The summed E-state index contributed by atoms with van der Waals surface area (Å²) in [4.78, 5) is 10.8. The number of nitrogens with one attached hydrogen (secondary N) is 1. The smallest absolute Gasteiger partial charge is 0.416 e. The third-order valence-electron chi connectivity index (χ3n) is 6.83. The van der Waals surface area contributed by atoms with Gasteiger partial charge in [0.1, 0.15) is 11.0 Å². The normalized spacial score (nSPS) is 16.2. The Bertz CT molecular complexity index is 1650. The molecule has 0 bridgehead atoms. The predicted octanol–water partition coefficient (Wildman–Crippen LogP) is 4.97. The third kappa shape index (κ3) is 6.68. The van der Waals surface area contributed by atoms with Crippen molar-refractivity contribution in [1.82, 2.24) is 24.6 Å². The SMILES string of the molecule is Cc1cccc(C)c1-c1cc(OC2CCN(Cc3cccc(C(F)(F)F)c3)C2)nc(NS(=O)(=O)c2cnn(C)c2)n1. The number of hydrogen-bond donors (Lipinski definition) is 1. The zero-order valence-electron chi connectivity index (χ0n) is 22.7. The molecule has 9 nitrogen and oxygen atoms in total. The minimum Gasteiger partial charge on any atom is -0.473 e. The number of rotatable bonds is 8. The van der Waals surface area contributed by atoms with Gasteiger partial charge in [-0.3, -0.25) is 9.58 Å². The van der Waals surface area contributed by atoms with Gasteiger partial charge in [0.15, 0.2) is 0 Å². The van der Waals surface area contributed by atoms with Crippen LogP contribution in [0.5, 0.6) is 5.88 Å². The van der Waals surface area contributed by atoms with Crippen LogP contribution in [0.15, 0.2) is 65.8 Å². The van der Waals surface area contributed by atoms with Gasteiger partial charge in [0.05, 0.1) is 17.5 Å². The number of alkyl halides is 3. The summed E-state index contributed by atoms with van der Waals surface area (Å²) >= 11 is 0. The zero-order valence-corrected chi connectivity index (χ0v) is 23.5. The van der Waals surface area contributed by atoms with Gasteiger partial charge in [0, 0.05) is 44.5 Å². The van der Waals surface area contributed by atoms with E-state index in [0.717, 1.165) is 28.8 Å². The Morgan fingerprint density at radius 2 is 1.80 bits per heavy atom. The molecule has 0 aliphatic carbocycles. The maximum atomic E-state index is 13.1. The van der Waals surface area contributed by atoms with Gasteiger partial charge in [-0.2, -0.15) is 23.3 Å². The van der Waals surface area contributed by atoms with Gasteiger partial charge in [0.25, 0.3) is 10.0 Å². The van der Waals surface area contributed by atoms with Crippen molar-refractivity contribution >= 4 is 16.0 Å². The molecule has 5 rings (SSSR count). The molecule has 1 N–H and O–H groups in total. The quantitative estimate of drug-likeness (QED) is 0.311. The number of likely N-dealkylation sites (tertiary alicyclic amines) is 1. The van der Waals surface area contributed by atoms with Crippen LogP contribution in [0.3, 0.4) is 0 Å². The number of aryl methyl sites for hydroxylation is 3. The number of ether oxygens (including phenoxy) is 1. The molecular weight excluding hydrogens is 557 g/mol. The monoisotopic (exact) mass is 586 g/mol. The van der Waals surface area contributed by atoms with E-state index in [9.17, 15) is 21.6 Å². The molecule has 1 atom stereocenters. The van der Waals surface area contributed by atoms with Crippen molar-refractivity contribution in [2.45, 2.75) is 44.0 Å². The van der Waals surface area contributed by atoms with E-state index in [0.29, 0.717) is 37.3 Å². The van der Waals surface area contributed by atoms with Crippen LogP contribution in [0.25, 0.3) is 11.3 Å². The van der Waals surface area contributed by atoms with Gasteiger partial charge in [-0.25, -0.2) is 18.1 Å². The van der Waals surface area contributed by atoms with Gasteiger partial charge < -0.3 is 4.74 Å². The maximum absolute atomic E-state index is 13.1. The molecular formula is C28H29F3N6O3S. The molecule has 216 valence electrons. The molecule has 1 saturated heterocycles. The average Bonchev–Trinajstić information content (AvgIpc) is 3.52. The lowest BCUT2D eigenvalue weighted by atomic mass is 10.00. The predicted molar refractivity (Wildman–Crippen MR) is 147 cm³/mol. The van der Waals surface area contributed by atoms with Crippen LogP contribution in [0.1, 0.15) is 28.7 Å². The van der Waals surface area contributed by atoms with E-state index >= 15 is 0 Å². The second-order valence-electron chi connectivity index (χ2n) is 10.1. The average molecular weight is 587 g/mol. The number of aromatic nitrogens is 4. The van der Waals surface area contributed by atoms with Crippen molar-refractivity contribution in [1.29, 1.82) is 0 Å². The van der Waals surface area contributed by atoms with Crippen LogP contribution in [0.2, 0.25) is 0 Å². The van der Waals surface area contributed by atoms with E-state index in [2.05, 4.69) is 19.8 Å². The van der Waals surface area contributed by atoms with E-state index in [1.165, 1.54) is 23.1 Å². The molecule has 0 saturated carbocycles. The number of hydrogen-bond acceptors (Lipinski definition) is 7. The van der Waals surface area contributed by atoms with E-state index < -0.39 is 21.8 Å². The van der Waals surface area contributed by atoms with E-state index in [4.69, 9.17) is 4.74 Å². The molecule has 2 aromatic heterocycles. The van der Waals surface area contributed by atoms with Crippen LogP contribution in [-0.2, 0) is 29.8 Å². The summed E-state index contributed by atoms with van der Waals surface area (Å²) in [6, 6.07) is 12.8. The second kappa shape index (κ2) is 11.1. The number of sulfonamides is 1. The fourth-order valence-corrected chi connectivity index (χ4v) is 5.83. The van der Waals surface area contributed by atoms with Crippen molar-refractivity contribution in [3.05, 3.63) is 83.2 Å². The molecule has 13 heteroatoms. The molecule has 0 radical (unpaired) electrons. The summed E-state index contributed by atoms with van der Waals surface area (Å²) in [5.41, 5.74) is 3.11. The molecule has 0 spiro atoms. The molecule has 2 aromatic carbocycles. The highest BCUT2D eigenvalue weighted by molar-refractivity contribution is 7.92. The van der Waals surface area contributed by atoms with Crippen LogP contribution < -0.4 is 9.46 Å². The molecule has 1 aliphatic heterocycles. The lowest BCUT2D eigenvalue weighted by Gasteiger charge is -2.18. The van der Waals surface area contributed by atoms with Crippen LogP contribution in [0.4, 0.5) is 19.1 Å².